The van der Waals surface area contributed by atoms with Crippen LogP contribution in [0.3, 0.4) is 0 Å². The third-order valence-corrected chi connectivity index (χ3v) is 2.04. The molecule has 0 aliphatic rings. The fourth-order valence-electron chi connectivity index (χ4n) is 1.16. The largest absolute Gasteiger partial charge is 0.348 e. The van der Waals surface area contributed by atoms with Crippen LogP contribution in [-0.4, -0.2) is 19.5 Å². The van der Waals surface area contributed by atoms with E-state index in [1.165, 1.54) is 17.1 Å². The minimum absolute atomic E-state index is 0.278. The van der Waals surface area contributed by atoms with Gasteiger partial charge >= 0.3 is 5.69 Å². The van der Waals surface area contributed by atoms with Gasteiger partial charge in [-0.3, -0.25) is 4.57 Å². The Kier molecular flexibility index (Phi) is 3.49. The molecule has 2 aromatic rings. The number of rotatable bonds is 0. The van der Waals surface area contributed by atoms with E-state index >= 15 is 0 Å². The molecule has 80 valence electrons. The SMILES string of the molecule is CC.Cc1c2ncncc2nc(=O)n1C. The van der Waals surface area contributed by atoms with E-state index in [9.17, 15) is 4.79 Å². The predicted octanol–water partition coefficient (Wildman–Crippen LogP) is 1.06. The molecule has 2 aromatic heterocycles. The summed E-state index contributed by atoms with van der Waals surface area (Å²) in [6.07, 6.45) is 2.98. The maximum Gasteiger partial charge on any atom is 0.348 e. The van der Waals surface area contributed by atoms with Crippen molar-refractivity contribution in [3.63, 3.8) is 0 Å². The zero-order valence-electron chi connectivity index (χ0n) is 9.35. The number of fused-ring (bicyclic) bond motifs is 1. The van der Waals surface area contributed by atoms with Crippen LogP contribution in [0.2, 0.25) is 0 Å². The highest BCUT2D eigenvalue weighted by Crippen LogP contribution is 2.07. The normalized spacial score (nSPS) is 9.60. The van der Waals surface area contributed by atoms with Crippen molar-refractivity contribution in [2.75, 3.05) is 0 Å². The first-order valence-electron chi connectivity index (χ1n) is 4.83. The van der Waals surface area contributed by atoms with Crippen molar-refractivity contribution in [1.29, 1.82) is 0 Å². The first-order valence-corrected chi connectivity index (χ1v) is 4.83. The van der Waals surface area contributed by atoms with Gasteiger partial charge in [-0.05, 0) is 6.92 Å². The average Bonchev–Trinajstić information content (AvgIpc) is 2.29. The van der Waals surface area contributed by atoms with Gasteiger partial charge in [0.1, 0.15) is 17.4 Å². The highest BCUT2D eigenvalue weighted by Gasteiger charge is 2.04. The molecule has 0 aliphatic heterocycles. The molecule has 0 saturated carbocycles. The first kappa shape index (κ1) is 11.3. The average molecular weight is 206 g/mol. The Bertz CT molecular complexity index is 518. The molecule has 0 saturated heterocycles. The molecule has 0 radical (unpaired) electrons. The van der Waals surface area contributed by atoms with E-state index in [1.807, 2.05) is 20.8 Å². The van der Waals surface area contributed by atoms with Crippen LogP contribution in [-0.2, 0) is 7.05 Å². The lowest BCUT2D eigenvalue weighted by molar-refractivity contribution is 0.788. The lowest BCUT2D eigenvalue weighted by Crippen LogP contribution is -2.22. The summed E-state index contributed by atoms with van der Waals surface area (Å²) in [5.74, 6) is 0. The van der Waals surface area contributed by atoms with Gasteiger partial charge in [0.2, 0.25) is 0 Å². The summed E-state index contributed by atoms with van der Waals surface area (Å²) < 4.78 is 1.47. The van der Waals surface area contributed by atoms with Gasteiger partial charge in [0.25, 0.3) is 0 Å². The zero-order chi connectivity index (χ0) is 11.4. The summed E-state index contributed by atoms with van der Waals surface area (Å²) in [5.41, 5.74) is 1.79. The van der Waals surface area contributed by atoms with E-state index in [1.54, 1.807) is 7.05 Å². The zero-order valence-corrected chi connectivity index (χ0v) is 9.35. The molecule has 0 aliphatic carbocycles. The van der Waals surface area contributed by atoms with Crippen molar-refractivity contribution in [2.45, 2.75) is 20.8 Å². The Morgan fingerprint density at radius 1 is 1.33 bits per heavy atom. The van der Waals surface area contributed by atoms with Crippen LogP contribution in [0.1, 0.15) is 19.5 Å². The van der Waals surface area contributed by atoms with Crippen LogP contribution >= 0.6 is 0 Å². The number of hydrogen-bond acceptors (Lipinski definition) is 4. The summed E-state index contributed by atoms with van der Waals surface area (Å²) in [7, 11) is 1.67. The molecular formula is C10H14N4O. The minimum Gasteiger partial charge on any atom is -0.297 e. The van der Waals surface area contributed by atoms with Gasteiger partial charge in [0.15, 0.2) is 0 Å². The molecule has 0 N–H and O–H groups in total. The van der Waals surface area contributed by atoms with E-state index in [0.29, 0.717) is 5.52 Å². The Labute approximate surface area is 87.8 Å². The molecule has 0 amide bonds. The highest BCUT2D eigenvalue weighted by atomic mass is 16.1. The summed E-state index contributed by atoms with van der Waals surface area (Å²) in [4.78, 5) is 22.9. The number of aryl methyl sites for hydroxylation is 1. The van der Waals surface area contributed by atoms with Crippen molar-refractivity contribution in [3.8, 4) is 0 Å². The van der Waals surface area contributed by atoms with Gasteiger partial charge in [-0.2, -0.15) is 4.98 Å². The van der Waals surface area contributed by atoms with E-state index < -0.39 is 0 Å². The van der Waals surface area contributed by atoms with Gasteiger partial charge in [0.05, 0.1) is 6.20 Å². The molecule has 0 atom stereocenters. The molecule has 0 bridgehead atoms. The van der Waals surface area contributed by atoms with Gasteiger partial charge in [-0.15, -0.1) is 0 Å². The second-order valence-electron chi connectivity index (χ2n) is 2.80. The quantitative estimate of drug-likeness (QED) is 0.646. The summed E-state index contributed by atoms with van der Waals surface area (Å²) in [6, 6.07) is 0. The van der Waals surface area contributed by atoms with Crippen LogP contribution < -0.4 is 5.69 Å². The smallest absolute Gasteiger partial charge is 0.297 e. The molecule has 2 rings (SSSR count). The number of aromatic nitrogens is 4. The fourth-order valence-corrected chi connectivity index (χ4v) is 1.16. The fraction of sp³-hybridized carbons (Fsp3) is 0.400. The van der Waals surface area contributed by atoms with Crippen LogP contribution in [0.15, 0.2) is 17.3 Å². The van der Waals surface area contributed by atoms with E-state index in [-0.39, 0.29) is 5.69 Å². The Morgan fingerprint density at radius 3 is 2.67 bits per heavy atom. The number of nitrogens with zero attached hydrogens (tertiary/aromatic N) is 4. The Morgan fingerprint density at radius 2 is 2.00 bits per heavy atom. The third-order valence-electron chi connectivity index (χ3n) is 2.04. The van der Waals surface area contributed by atoms with Crippen molar-refractivity contribution in [2.24, 2.45) is 7.05 Å². The molecule has 15 heavy (non-hydrogen) atoms. The molecule has 0 unspecified atom stereocenters. The molecule has 0 fully saturated rings. The van der Waals surface area contributed by atoms with Crippen LogP contribution in [0, 0.1) is 6.92 Å². The van der Waals surface area contributed by atoms with E-state index in [0.717, 1.165) is 11.2 Å². The molecule has 2 heterocycles. The molecule has 5 heteroatoms. The summed E-state index contributed by atoms with van der Waals surface area (Å²) >= 11 is 0. The van der Waals surface area contributed by atoms with E-state index in [2.05, 4.69) is 15.0 Å². The van der Waals surface area contributed by atoms with Crippen molar-refractivity contribution >= 4 is 11.0 Å². The van der Waals surface area contributed by atoms with Gasteiger partial charge < -0.3 is 0 Å². The molecule has 0 aromatic carbocycles. The second kappa shape index (κ2) is 4.63. The lowest BCUT2D eigenvalue weighted by Gasteiger charge is -2.03. The van der Waals surface area contributed by atoms with Crippen LogP contribution in [0.25, 0.3) is 11.0 Å². The topological polar surface area (TPSA) is 60.7 Å². The summed E-state index contributed by atoms with van der Waals surface area (Å²) in [5, 5.41) is 0. The predicted molar refractivity (Wildman–Crippen MR) is 58.7 cm³/mol. The van der Waals surface area contributed by atoms with Gasteiger partial charge in [-0.25, -0.2) is 14.8 Å². The van der Waals surface area contributed by atoms with Gasteiger partial charge in [-0.1, -0.05) is 13.8 Å². The first-order chi connectivity index (χ1) is 7.20. The monoisotopic (exact) mass is 206 g/mol. The molecule has 5 nitrogen and oxygen atoms in total. The second-order valence-corrected chi connectivity index (χ2v) is 2.80. The van der Waals surface area contributed by atoms with Crippen LogP contribution in [0.4, 0.5) is 0 Å². The summed E-state index contributed by atoms with van der Waals surface area (Å²) in [6.45, 7) is 5.83. The molecular weight excluding hydrogens is 192 g/mol. The van der Waals surface area contributed by atoms with Crippen molar-refractivity contribution in [1.82, 2.24) is 19.5 Å². The maximum atomic E-state index is 11.3. The maximum absolute atomic E-state index is 11.3. The third kappa shape index (κ3) is 2.01. The van der Waals surface area contributed by atoms with Gasteiger partial charge in [0, 0.05) is 12.7 Å². The Hall–Kier alpha value is -1.78. The van der Waals surface area contributed by atoms with E-state index in [4.69, 9.17) is 0 Å². The number of hydrogen-bond donors (Lipinski definition) is 0. The van der Waals surface area contributed by atoms with Crippen LogP contribution in [0.5, 0.6) is 0 Å². The standard InChI is InChI=1S/C8H8N4O.C2H6/c1-5-7-6(3-9-4-10-7)11-8(13)12(5)2;1-2/h3-4H,1-2H3;1-2H3. The highest BCUT2D eigenvalue weighted by molar-refractivity contribution is 5.74. The Balaban J connectivity index is 0.000000531. The molecule has 0 spiro atoms. The van der Waals surface area contributed by atoms with Crippen molar-refractivity contribution in [3.05, 3.63) is 28.7 Å². The lowest BCUT2D eigenvalue weighted by atomic mass is 10.3. The van der Waals surface area contributed by atoms with Crippen molar-refractivity contribution < 1.29 is 0 Å². The minimum atomic E-state index is -0.278.